The lowest BCUT2D eigenvalue weighted by molar-refractivity contribution is -0.131. The van der Waals surface area contributed by atoms with Crippen LogP contribution in [0.5, 0.6) is 11.5 Å². The molecule has 0 atom stereocenters. The molecule has 3 rings (SSSR count). The van der Waals surface area contributed by atoms with E-state index in [1.165, 1.54) is 6.33 Å². The monoisotopic (exact) mass is 411 g/mol. The second-order valence-electron chi connectivity index (χ2n) is 7.06. The van der Waals surface area contributed by atoms with Crippen molar-refractivity contribution in [1.82, 2.24) is 24.5 Å². The summed E-state index contributed by atoms with van der Waals surface area (Å²) < 4.78 is 12.7. The fraction of sp³-hybridized carbons (Fsp3) is 0.455. The van der Waals surface area contributed by atoms with E-state index < -0.39 is 0 Å². The molecule has 0 aliphatic carbocycles. The van der Waals surface area contributed by atoms with Crippen LogP contribution in [0, 0.1) is 13.8 Å². The molecule has 1 amide bonds. The Bertz CT molecular complexity index is 1030. The van der Waals surface area contributed by atoms with E-state index in [0.29, 0.717) is 49.8 Å². The van der Waals surface area contributed by atoms with Crippen molar-refractivity contribution in [3.63, 3.8) is 0 Å². The van der Waals surface area contributed by atoms with Gasteiger partial charge in [-0.25, -0.2) is 9.50 Å². The van der Waals surface area contributed by atoms with Crippen LogP contribution in [0.25, 0.3) is 5.78 Å². The molecule has 0 saturated carbocycles. The first-order valence-electron chi connectivity index (χ1n) is 10.2. The molecule has 0 N–H and O–H groups in total. The zero-order chi connectivity index (χ0) is 21.7. The molecule has 0 radical (unpaired) electrons. The molecule has 2 heterocycles. The molecule has 0 unspecified atom stereocenters. The molecular formula is C22H29N5O3. The van der Waals surface area contributed by atoms with Crippen LogP contribution in [0.4, 0.5) is 0 Å². The number of benzene rings is 1. The minimum Gasteiger partial charge on any atom is -0.493 e. The normalized spacial score (nSPS) is 11.0. The van der Waals surface area contributed by atoms with Crippen LogP contribution in [0.1, 0.15) is 42.8 Å². The van der Waals surface area contributed by atoms with Crippen LogP contribution in [0.2, 0.25) is 0 Å². The van der Waals surface area contributed by atoms with Crippen molar-refractivity contribution in [2.45, 2.75) is 47.1 Å². The van der Waals surface area contributed by atoms with E-state index in [9.17, 15) is 4.79 Å². The van der Waals surface area contributed by atoms with Crippen molar-refractivity contribution in [2.24, 2.45) is 0 Å². The predicted octanol–water partition coefficient (Wildman–Crippen LogP) is 3.13. The highest BCUT2D eigenvalue weighted by Gasteiger charge is 2.17. The average Bonchev–Trinajstić information content (AvgIpc) is 3.21. The summed E-state index contributed by atoms with van der Waals surface area (Å²) in [7, 11) is 1.62. The minimum absolute atomic E-state index is 0.0999. The highest BCUT2D eigenvalue weighted by molar-refractivity contribution is 5.76. The molecule has 30 heavy (non-hydrogen) atoms. The van der Waals surface area contributed by atoms with E-state index in [-0.39, 0.29) is 5.91 Å². The summed E-state index contributed by atoms with van der Waals surface area (Å²) in [6.45, 7) is 9.59. The Balaban J connectivity index is 1.70. The summed E-state index contributed by atoms with van der Waals surface area (Å²) in [5.41, 5.74) is 3.91. The number of methoxy groups -OCH3 is 1. The van der Waals surface area contributed by atoms with Crippen LogP contribution in [0.15, 0.2) is 24.5 Å². The molecular weight excluding hydrogens is 382 g/mol. The molecule has 2 aromatic heterocycles. The molecule has 0 aliphatic heterocycles. The lowest BCUT2D eigenvalue weighted by atomic mass is 10.1. The predicted molar refractivity (Wildman–Crippen MR) is 114 cm³/mol. The number of carbonyl (C=O) groups excluding carboxylic acids is 1. The van der Waals surface area contributed by atoms with E-state index in [4.69, 9.17) is 9.47 Å². The van der Waals surface area contributed by atoms with Gasteiger partial charge in [0.1, 0.15) is 6.33 Å². The summed E-state index contributed by atoms with van der Waals surface area (Å²) in [6, 6.07) is 5.79. The highest BCUT2D eigenvalue weighted by Crippen LogP contribution is 2.28. The maximum absolute atomic E-state index is 12.9. The van der Waals surface area contributed by atoms with Crippen LogP contribution in [0.3, 0.4) is 0 Å². The van der Waals surface area contributed by atoms with Crippen molar-refractivity contribution in [1.29, 1.82) is 0 Å². The Morgan fingerprint density at radius 2 is 2.00 bits per heavy atom. The molecule has 160 valence electrons. The molecule has 3 aromatic rings. The number of hydrogen-bond acceptors (Lipinski definition) is 6. The maximum Gasteiger partial charge on any atom is 0.252 e. The van der Waals surface area contributed by atoms with E-state index in [1.807, 2.05) is 50.8 Å². The Hall–Kier alpha value is -3.16. The number of fused-ring (bicyclic) bond motifs is 1. The third-order valence-electron chi connectivity index (χ3n) is 5.21. The summed E-state index contributed by atoms with van der Waals surface area (Å²) in [5, 5.41) is 4.22. The second-order valence-corrected chi connectivity index (χ2v) is 7.06. The van der Waals surface area contributed by atoms with E-state index in [0.717, 1.165) is 22.5 Å². The van der Waals surface area contributed by atoms with Crippen LogP contribution < -0.4 is 9.47 Å². The van der Waals surface area contributed by atoms with Gasteiger partial charge < -0.3 is 14.4 Å². The Morgan fingerprint density at radius 3 is 2.70 bits per heavy atom. The zero-order valence-electron chi connectivity index (χ0n) is 18.3. The number of aromatic nitrogens is 4. The van der Waals surface area contributed by atoms with Crippen molar-refractivity contribution in [3.05, 3.63) is 47.0 Å². The fourth-order valence-corrected chi connectivity index (χ4v) is 3.59. The summed E-state index contributed by atoms with van der Waals surface area (Å²) in [5.74, 6) is 2.07. The molecule has 8 nitrogen and oxygen atoms in total. The van der Waals surface area contributed by atoms with Gasteiger partial charge in [-0.2, -0.15) is 10.1 Å². The topological polar surface area (TPSA) is 81.9 Å². The van der Waals surface area contributed by atoms with Gasteiger partial charge in [-0.05, 0) is 57.4 Å². The van der Waals surface area contributed by atoms with Crippen LogP contribution in [-0.2, 0) is 17.8 Å². The maximum atomic E-state index is 12.9. The molecule has 0 spiro atoms. The number of aryl methyl sites for hydroxylation is 2. The van der Waals surface area contributed by atoms with Gasteiger partial charge >= 0.3 is 0 Å². The molecule has 0 saturated heterocycles. The minimum atomic E-state index is 0.0999. The van der Waals surface area contributed by atoms with Crippen molar-refractivity contribution >= 4 is 11.7 Å². The number of hydrogen-bond donors (Lipinski definition) is 0. The van der Waals surface area contributed by atoms with Gasteiger partial charge in [0.15, 0.2) is 11.5 Å². The third kappa shape index (κ3) is 4.53. The number of ether oxygens (including phenoxy) is 2. The Morgan fingerprint density at radius 1 is 1.20 bits per heavy atom. The summed E-state index contributed by atoms with van der Waals surface area (Å²) >= 11 is 0. The Labute approximate surface area is 176 Å². The van der Waals surface area contributed by atoms with E-state index in [1.54, 1.807) is 11.6 Å². The quantitative estimate of drug-likeness (QED) is 0.538. The number of amides is 1. The molecule has 1 aromatic carbocycles. The van der Waals surface area contributed by atoms with Gasteiger partial charge in [0.05, 0.1) is 13.7 Å². The first-order chi connectivity index (χ1) is 14.5. The number of carbonyl (C=O) groups is 1. The van der Waals surface area contributed by atoms with Crippen LogP contribution >= 0.6 is 0 Å². The van der Waals surface area contributed by atoms with Crippen LogP contribution in [-0.4, -0.2) is 50.7 Å². The summed E-state index contributed by atoms with van der Waals surface area (Å²) in [6.07, 6.45) is 2.52. The SMILES string of the molecule is CCOc1ccc(CN(CC)C(=O)CCc2c(C)nc3ncnn3c2C)cc1OC. The zero-order valence-corrected chi connectivity index (χ0v) is 18.3. The lowest BCUT2D eigenvalue weighted by Gasteiger charge is -2.22. The molecule has 0 fully saturated rings. The fourth-order valence-electron chi connectivity index (χ4n) is 3.59. The molecule has 0 bridgehead atoms. The standard InChI is InChI=1S/C22H29N5O3/c1-6-26(13-17-8-10-19(30-7-2)20(12-17)29-5)21(28)11-9-18-15(3)25-22-23-14-24-27(22)16(18)4/h8,10,12,14H,6-7,9,11,13H2,1-5H3. The number of nitrogens with zero attached hydrogens (tertiary/aromatic N) is 5. The largest absolute Gasteiger partial charge is 0.493 e. The van der Waals surface area contributed by atoms with Crippen molar-refractivity contribution < 1.29 is 14.3 Å². The van der Waals surface area contributed by atoms with Gasteiger partial charge in [0.2, 0.25) is 5.91 Å². The van der Waals surface area contributed by atoms with E-state index in [2.05, 4.69) is 15.1 Å². The third-order valence-corrected chi connectivity index (χ3v) is 5.21. The van der Waals surface area contributed by atoms with Crippen molar-refractivity contribution in [2.75, 3.05) is 20.3 Å². The molecule has 8 heteroatoms. The average molecular weight is 412 g/mol. The first kappa shape index (κ1) is 21.5. The summed E-state index contributed by atoms with van der Waals surface area (Å²) in [4.78, 5) is 23.4. The highest BCUT2D eigenvalue weighted by atomic mass is 16.5. The van der Waals surface area contributed by atoms with Gasteiger partial charge in [-0.15, -0.1) is 0 Å². The van der Waals surface area contributed by atoms with Gasteiger partial charge in [0.25, 0.3) is 5.78 Å². The molecule has 0 aliphatic rings. The lowest BCUT2D eigenvalue weighted by Crippen LogP contribution is -2.30. The first-order valence-corrected chi connectivity index (χ1v) is 10.2. The second kappa shape index (κ2) is 9.56. The number of rotatable bonds is 9. The van der Waals surface area contributed by atoms with Gasteiger partial charge in [-0.1, -0.05) is 6.07 Å². The Kier molecular flexibility index (Phi) is 6.87. The van der Waals surface area contributed by atoms with Gasteiger partial charge in [-0.3, -0.25) is 4.79 Å². The van der Waals surface area contributed by atoms with E-state index >= 15 is 0 Å². The van der Waals surface area contributed by atoms with Crippen molar-refractivity contribution in [3.8, 4) is 11.5 Å². The van der Waals surface area contributed by atoms with Gasteiger partial charge in [0, 0.05) is 30.9 Å². The smallest absolute Gasteiger partial charge is 0.252 e.